The van der Waals surface area contributed by atoms with Gasteiger partial charge < -0.3 is 10.1 Å². The molecule has 0 bridgehead atoms. The molecular formula is C18H21N3O3. The first-order chi connectivity index (χ1) is 11.6. The monoisotopic (exact) mass is 327 g/mol. The summed E-state index contributed by atoms with van der Waals surface area (Å²) >= 11 is 0. The lowest BCUT2D eigenvalue weighted by Crippen LogP contribution is -2.44. The van der Waals surface area contributed by atoms with Crippen LogP contribution in [0, 0.1) is 6.92 Å². The number of methoxy groups -OCH3 is 1. The molecule has 126 valence electrons. The van der Waals surface area contributed by atoms with Gasteiger partial charge in [-0.1, -0.05) is 42.0 Å². The van der Waals surface area contributed by atoms with E-state index in [1.165, 1.54) is 0 Å². The molecule has 0 fully saturated rings. The van der Waals surface area contributed by atoms with E-state index in [1.807, 2.05) is 49.4 Å². The third-order valence-corrected chi connectivity index (χ3v) is 3.37. The quantitative estimate of drug-likeness (QED) is 0.707. The smallest absolute Gasteiger partial charge is 0.257 e. The Morgan fingerprint density at radius 3 is 2.33 bits per heavy atom. The number of carbonyl (C=O) groups excluding carboxylic acids is 2. The van der Waals surface area contributed by atoms with E-state index < -0.39 is 0 Å². The third kappa shape index (κ3) is 5.31. The molecular weight excluding hydrogens is 306 g/mol. The second-order valence-electron chi connectivity index (χ2n) is 5.31. The molecule has 0 atom stereocenters. The van der Waals surface area contributed by atoms with Gasteiger partial charge in [0.15, 0.2) is 0 Å². The number of para-hydroxylation sites is 2. The van der Waals surface area contributed by atoms with Crippen molar-refractivity contribution in [3.8, 4) is 5.75 Å². The number of hydrazine groups is 1. The number of ether oxygens (including phenoxy) is 1. The van der Waals surface area contributed by atoms with Gasteiger partial charge in [0.1, 0.15) is 5.75 Å². The van der Waals surface area contributed by atoms with Gasteiger partial charge in [-0.15, -0.1) is 0 Å². The van der Waals surface area contributed by atoms with Crippen LogP contribution in [-0.2, 0) is 16.0 Å². The normalized spacial score (nSPS) is 9.92. The zero-order valence-electron chi connectivity index (χ0n) is 13.8. The van der Waals surface area contributed by atoms with Crippen LogP contribution in [0.2, 0.25) is 0 Å². The van der Waals surface area contributed by atoms with Crippen molar-refractivity contribution in [2.75, 3.05) is 19.0 Å². The number of carbonyl (C=O) groups is 2. The predicted molar refractivity (Wildman–Crippen MR) is 92.7 cm³/mol. The summed E-state index contributed by atoms with van der Waals surface area (Å²) in [6.07, 6.45) is 0.209. The molecule has 6 heteroatoms. The minimum absolute atomic E-state index is 0.0190. The molecule has 2 aromatic rings. The van der Waals surface area contributed by atoms with Crippen molar-refractivity contribution in [3.05, 3.63) is 59.7 Å². The van der Waals surface area contributed by atoms with Crippen molar-refractivity contribution in [1.29, 1.82) is 0 Å². The first-order valence-electron chi connectivity index (χ1n) is 7.58. The van der Waals surface area contributed by atoms with Crippen LogP contribution in [0.1, 0.15) is 11.1 Å². The number of amides is 2. The highest BCUT2D eigenvalue weighted by Gasteiger charge is 2.07. The summed E-state index contributed by atoms with van der Waals surface area (Å²) in [5.41, 5.74) is 7.51. The predicted octanol–water partition coefficient (Wildman–Crippen LogP) is 1.81. The van der Waals surface area contributed by atoms with Gasteiger partial charge >= 0.3 is 0 Å². The molecule has 0 radical (unpaired) electrons. The molecule has 0 aliphatic heterocycles. The van der Waals surface area contributed by atoms with Crippen molar-refractivity contribution in [2.45, 2.75) is 13.3 Å². The summed E-state index contributed by atoms with van der Waals surface area (Å²) < 4.78 is 5.19. The Bertz CT molecular complexity index is 699. The van der Waals surface area contributed by atoms with Gasteiger partial charge in [0, 0.05) is 0 Å². The van der Waals surface area contributed by atoms with E-state index in [0.717, 1.165) is 11.1 Å². The Kier molecular flexibility index (Phi) is 6.19. The maximum atomic E-state index is 11.8. The van der Waals surface area contributed by atoms with E-state index >= 15 is 0 Å². The molecule has 0 saturated carbocycles. The maximum Gasteiger partial charge on any atom is 0.257 e. The molecule has 0 saturated heterocycles. The minimum atomic E-state index is -0.349. The summed E-state index contributed by atoms with van der Waals surface area (Å²) in [6, 6.07) is 14.9. The van der Waals surface area contributed by atoms with Gasteiger partial charge in [0.25, 0.3) is 5.91 Å². The number of rotatable bonds is 6. The zero-order chi connectivity index (χ0) is 17.4. The third-order valence-electron chi connectivity index (χ3n) is 3.37. The summed E-state index contributed by atoms with van der Waals surface area (Å²) in [6.45, 7) is 2.00. The number of nitrogens with one attached hydrogen (secondary N) is 3. The average molecular weight is 327 g/mol. The van der Waals surface area contributed by atoms with Gasteiger partial charge in [-0.25, -0.2) is 0 Å². The van der Waals surface area contributed by atoms with E-state index in [-0.39, 0.29) is 24.8 Å². The van der Waals surface area contributed by atoms with Crippen molar-refractivity contribution in [1.82, 2.24) is 10.9 Å². The number of aryl methyl sites for hydroxylation is 1. The molecule has 0 heterocycles. The Balaban J connectivity index is 1.74. The number of anilines is 1. The molecule has 24 heavy (non-hydrogen) atoms. The summed E-state index contributed by atoms with van der Waals surface area (Å²) in [5.74, 6) is 0.0244. The van der Waals surface area contributed by atoms with Gasteiger partial charge in [0.05, 0.1) is 25.8 Å². The van der Waals surface area contributed by atoms with Crippen molar-refractivity contribution >= 4 is 17.5 Å². The zero-order valence-corrected chi connectivity index (χ0v) is 13.8. The molecule has 0 unspecified atom stereocenters. The van der Waals surface area contributed by atoms with Crippen LogP contribution in [0.4, 0.5) is 5.69 Å². The molecule has 0 aromatic heterocycles. The highest BCUT2D eigenvalue weighted by molar-refractivity contribution is 5.85. The van der Waals surface area contributed by atoms with Crippen LogP contribution in [0.3, 0.4) is 0 Å². The topological polar surface area (TPSA) is 79.5 Å². The molecule has 0 spiro atoms. The Morgan fingerprint density at radius 2 is 1.62 bits per heavy atom. The molecule has 2 amide bonds. The molecule has 0 aliphatic carbocycles. The largest absolute Gasteiger partial charge is 0.495 e. The molecule has 0 aliphatic rings. The lowest BCUT2D eigenvalue weighted by Gasteiger charge is -2.11. The number of hydrogen-bond acceptors (Lipinski definition) is 4. The Hall–Kier alpha value is -3.02. The van der Waals surface area contributed by atoms with Gasteiger partial charge in [-0.05, 0) is 24.6 Å². The fraction of sp³-hybridized carbons (Fsp3) is 0.222. The Morgan fingerprint density at radius 1 is 0.958 bits per heavy atom. The molecule has 3 N–H and O–H groups in total. The van der Waals surface area contributed by atoms with E-state index in [1.54, 1.807) is 13.2 Å². The fourth-order valence-electron chi connectivity index (χ4n) is 2.09. The van der Waals surface area contributed by atoms with Crippen molar-refractivity contribution in [3.63, 3.8) is 0 Å². The first-order valence-corrected chi connectivity index (χ1v) is 7.58. The fourth-order valence-corrected chi connectivity index (χ4v) is 2.09. The maximum absolute atomic E-state index is 11.8. The lowest BCUT2D eigenvalue weighted by atomic mass is 10.1. The molecule has 2 aromatic carbocycles. The van der Waals surface area contributed by atoms with E-state index in [4.69, 9.17) is 4.74 Å². The summed E-state index contributed by atoms with van der Waals surface area (Å²) in [7, 11) is 1.56. The van der Waals surface area contributed by atoms with Crippen molar-refractivity contribution < 1.29 is 14.3 Å². The van der Waals surface area contributed by atoms with Crippen LogP contribution in [0.15, 0.2) is 48.5 Å². The van der Waals surface area contributed by atoms with Crippen LogP contribution < -0.4 is 20.9 Å². The second-order valence-corrected chi connectivity index (χ2v) is 5.31. The first kappa shape index (κ1) is 17.3. The molecule has 6 nitrogen and oxygen atoms in total. The lowest BCUT2D eigenvalue weighted by molar-refractivity contribution is -0.127. The average Bonchev–Trinajstić information content (AvgIpc) is 2.60. The standard InChI is InChI=1S/C18H21N3O3/c1-13-7-9-14(10-8-13)11-17(22)20-21-18(23)12-19-15-5-3-4-6-16(15)24-2/h3-10,19H,11-12H2,1-2H3,(H,20,22)(H,21,23). The molecule has 2 rings (SSSR count). The van der Waals surface area contributed by atoms with Crippen LogP contribution in [0.5, 0.6) is 5.75 Å². The van der Waals surface area contributed by atoms with Crippen molar-refractivity contribution in [2.24, 2.45) is 0 Å². The van der Waals surface area contributed by atoms with Crippen LogP contribution in [-0.4, -0.2) is 25.5 Å². The second kappa shape index (κ2) is 8.57. The summed E-state index contributed by atoms with van der Waals surface area (Å²) in [5, 5.41) is 2.96. The SMILES string of the molecule is COc1ccccc1NCC(=O)NNC(=O)Cc1ccc(C)cc1. The van der Waals surface area contributed by atoms with Gasteiger partial charge in [0.2, 0.25) is 5.91 Å². The highest BCUT2D eigenvalue weighted by Crippen LogP contribution is 2.22. The highest BCUT2D eigenvalue weighted by atomic mass is 16.5. The minimum Gasteiger partial charge on any atom is -0.495 e. The van der Waals surface area contributed by atoms with E-state index in [9.17, 15) is 9.59 Å². The number of hydrogen-bond donors (Lipinski definition) is 3. The van der Waals surface area contributed by atoms with Crippen LogP contribution >= 0.6 is 0 Å². The van der Waals surface area contributed by atoms with Gasteiger partial charge in [-0.2, -0.15) is 0 Å². The number of benzene rings is 2. The van der Waals surface area contributed by atoms with E-state index in [0.29, 0.717) is 11.4 Å². The van der Waals surface area contributed by atoms with E-state index in [2.05, 4.69) is 16.2 Å². The Labute approximate surface area is 141 Å². The van der Waals surface area contributed by atoms with Crippen LogP contribution in [0.25, 0.3) is 0 Å². The van der Waals surface area contributed by atoms with Gasteiger partial charge in [-0.3, -0.25) is 20.4 Å². The summed E-state index contributed by atoms with van der Waals surface area (Å²) in [4.78, 5) is 23.6.